The second-order valence-corrected chi connectivity index (χ2v) is 4.84. The Hall–Kier alpha value is -0.830. The summed E-state index contributed by atoms with van der Waals surface area (Å²) < 4.78 is 0. The highest BCUT2D eigenvalue weighted by molar-refractivity contribution is 5.86. The minimum Gasteiger partial charge on any atom is -0.340 e. The Labute approximate surface area is 92.3 Å². The van der Waals surface area contributed by atoms with Crippen LogP contribution in [0.2, 0.25) is 0 Å². The first-order chi connectivity index (χ1) is 6.96. The van der Waals surface area contributed by atoms with Gasteiger partial charge in [-0.15, -0.1) is 0 Å². The quantitative estimate of drug-likeness (QED) is 0.720. The molecule has 1 aliphatic rings. The van der Waals surface area contributed by atoms with Crippen LogP contribution >= 0.6 is 0 Å². The Bertz CT molecular complexity index is 254. The van der Waals surface area contributed by atoms with Crippen molar-refractivity contribution >= 4 is 5.91 Å². The van der Waals surface area contributed by atoms with Crippen LogP contribution in [0.15, 0.2) is 12.2 Å². The summed E-state index contributed by atoms with van der Waals surface area (Å²) in [5.41, 5.74) is 6.54. The molecule has 0 radical (unpaired) electrons. The summed E-state index contributed by atoms with van der Waals surface area (Å²) in [6.45, 7) is 6.34. The molecule has 1 fully saturated rings. The summed E-state index contributed by atoms with van der Waals surface area (Å²) in [5, 5.41) is 0. The minimum atomic E-state index is -0.609. The molecule has 0 aromatic heterocycles. The fraction of sp³-hybridized carbons (Fsp3) is 0.750. The van der Waals surface area contributed by atoms with Crippen LogP contribution in [0.1, 0.15) is 39.0 Å². The van der Waals surface area contributed by atoms with E-state index in [0.717, 1.165) is 31.3 Å². The first-order valence-electron chi connectivity index (χ1n) is 5.64. The average molecular weight is 210 g/mol. The molecular weight excluding hydrogens is 188 g/mol. The second kappa shape index (κ2) is 4.79. The Balaban J connectivity index is 2.61. The van der Waals surface area contributed by atoms with Crippen LogP contribution in [0.4, 0.5) is 0 Å². The number of rotatable bonds is 3. The van der Waals surface area contributed by atoms with Crippen molar-refractivity contribution in [2.24, 2.45) is 5.73 Å². The van der Waals surface area contributed by atoms with E-state index in [0.29, 0.717) is 6.54 Å². The Kier molecular flexibility index (Phi) is 3.91. The Morgan fingerprint density at radius 3 is 2.40 bits per heavy atom. The number of hydrogen-bond donors (Lipinski definition) is 1. The van der Waals surface area contributed by atoms with E-state index in [1.165, 1.54) is 6.42 Å². The van der Waals surface area contributed by atoms with Crippen LogP contribution in [0, 0.1) is 0 Å². The molecule has 3 nitrogen and oxygen atoms in total. The van der Waals surface area contributed by atoms with E-state index in [2.05, 4.69) is 6.58 Å². The number of amides is 1. The van der Waals surface area contributed by atoms with E-state index in [1.54, 1.807) is 11.9 Å². The molecule has 1 rings (SSSR count). The first kappa shape index (κ1) is 12.2. The monoisotopic (exact) mass is 210 g/mol. The molecule has 3 heteroatoms. The van der Waals surface area contributed by atoms with Gasteiger partial charge in [-0.2, -0.15) is 0 Å². The zero-order valence-electron chi connectivity index (χ0n) is 9.88. The van der Waals surface area contributed by atoms with Crippen molar-refractivity contribution < 1.29 is 4.79 Å². The second-order valence-electron chi connectivity index (χ2n) is 4.84. The van der Waals surface area contributed by atoms with Crippen molar-refractivity contribution in [1.82, 2.24) is 4.90 Å². The van der Waals surface area contributed by atoms with Crippen LogP contribution in [-0.2, 0) is 4.79 Å². The van der Waals surface area contributed by atoms with Gasteiger partial charge >= 0.3 is 0 Å². The van der Waals surface area contributed by atoms with Crippen molar-refractivity contribution in [2.75, 3.05) is 13.6 Å². The van der Waals surface area contributed by atoms with Gasteiger partial charge in [0.15, 0.2) is 0 Å². The predicted molar refractivity (Wildman–Crippen MR) is 62.5 cm³/mol. The van der Waals surface area contributed by atoms with Gasteiger partial charge in [-0.05, 0) is 19.8 Å². The molecule has 0 aromatic rings. The molecule has 0 saturated heterocycles. The van der Waals surface area contributed by atoms with Gasteiger partial charge in [0, 0.05) is 13.6 Å². The predicted octanol–water partition coefficient (Wildman–Crippen LogP) is 1.68. The molecule has 0 bridgehead atoms. The average Bonchev–Trinajstić information content (AvgIpc) is 2.16. The van der Waals surface area contributed by atoms with Gasteiger partial charge in [-0.3, -0.25) is 4.79 Å². The van der Waals surface area contributed by atoms with E-state index in [1.807, 2.05) is 6.92 Å². The molecule has 0 unspecified atom stereocenters. The maximum Gasteiger partial charge on any atom is 0.242 e. The minimum absolute atomic E-state index is 0.0743. The zero-order chi connectivity index (χ0) is 11.5. The number of carbonyl (C=O) groups is 1. The SMILES string of the molecule is C=C(C)CN(C)C(=O)C1(N)CCCCC1. The summed E-state index contributed by atoms with van der Waals surface area (Å²) in [4.78, 5) is 13.8. The van der Waals surface area contributed by atoms with E-state index >= 15 is 0 Å². The van der Waals surface area contributed by atoms with Crippen LogP contribution in [-0.4, -0.2) is 29.9 Å². The third kappa shape index (κ3) is 3.06. The molecular formula is C12H22N2O. The third-order valence-electron chi connectivity index (χ3n) is 3.03. The van der Waals surface area contributed by atoms with Gasteiger partial charge in [0.25, 0.3) is 0 Å². The Morgan fingerprint density at radius 2 is 1.93 bits per heavy atom. The van der Waals surface area contributed by atoms with Gasteiger partial charge in [0.2, 0.25) is 5.91 Å². The van der Waals surface area contributed by atoms with Crippen molar-refractivity contribution in [3.05, 3.63) is 12.2 Å². The lowest BCUT2D eigenvalue weighted by atomic mass is 9.81. The van der Waals surface area contributed by atoms with E-state index in [-0.39, 0.29) is 5.91 Å². The lowest BCUT2D eigenvalue weighted by molar-refractivity contribution is -0.136. The maximum atomic E-state index is 12.1. The molecule has 0 aliphatic heterocycles. The summed E-state index contributed by atoms with van der Waals surface area (Å²) in [7, 11) is 1.81. The molecule has 1 amide bonds. The van der Waals surface area contributed by atoms with Crippen LogP contribution in [0.5, 0.6) is 0 Å². The molecule has 1 aliphatic carbocycles. The summed E-state index contributed by atoms with van der Waals surface area (Å²) in [6, 6.07) is 0. The third-order valence-corrected chi connectivity index (χ3v) is 3.03. The van der Waals surface area contributed by atoms with Crippen LogP contribution < -0.4 is 5.73 Å². The number of carbonyl (C=O) groups excluding carboxylic acids is 1. The lowest BCUT2D eigenvalue weighted by Crippen LogP contribution is -2.55. The normalized spacial score (nSPS) is 19.7. The Morgan fingerprint density at radius 1 is 1.40 bits per heavy atom. The fourth-order valence-corrected chi connectivity index (χ4v) is 2.25. The van der Waals surface area contributed by atoms with Gasteiger partial charge in [0.05, 0.1) is 5.54 Å². The van der Waals surface area contributed by atoms with Gasteiger partial charge < -0.3 is 10.6 Å². The molecule has 0 aromatic carbocycles. The van der Waals surface area contributed by atoms with Gasteiger partial charge in [0.1, 0.15) is 0 Å². The molecule has 2 N–H and O–H groups in total. The highest BCUT2D eigenvalue weighted by Crippen LogP contribution is 2.27. The topological polar surface area (TPSA) is 46.3 Å². The molecule has 86 valence electrons. The number of nitrogens with zero attached hydrogens (tertiary/aromatic N) is 1. The van der Waals surface area contributed by atoms with Crippen molar-refractivity contribution in [1.29, 1.82) is 0 Å². The summed E-state index contributed by atoms with van der Waals surface area (Å²) in [5.74, 6) is 0.0743. The first-order valence-corrected chi connectivity index (χ1v) is 5.64. The molecule has 0 heterocycles. The standard InChI is InChI=1S/C12H22N2O/c1-10(2)9-14(3)11(15)12(13)7-5-4-6-8-12/h1,4-9,13H2,2-3H3. The fourth-order valence-electron chi connectivity index (χ4n) is 2.25. The van der Waals surface area contributed by atoms with Crippen LogP contribution in [0.25, 0.3) is 0 Å². The van der Waals surface area contributed by atoms with Gasteiger partial charge in [-0.1, -0.05) is 31.4 Å². The van der Waals surface area contributed by atoms with Crippen molar-refractivity contribution in [3.63, 3.8) is 0 Å². The highest BCUT2D eigenvalue weighted by atomic mass is 16.2. The summed E-state index contributed by atoms with van der Waals surface area (Å²) >= 11 is 0. The van der Waals surface area contributed by atoms with E-state index < -0.39 is 5.54 Å². The lowest BCUT2D eigenvalue weighted by Gasteiger charge is -2.35. The van der Waals surface area contributed by atoms with Crippen molar-refractivity contribution in [2.45, 2.75) is 44.6 Å². The van der Waals surface area contributed by atoms with Crippen LogP contribution in [0.3, 0.4) is 0 Å². The number of likely N-dealkylation sites (N-methyl/N-ethyl adjacent to an activating group) is 1. The van der Waals surface area contributed by atoms with E-state index in [9.17, 15) is 4.79 Å². The largest absolute Gasteiger partial charge is 0.340 e. The summed E-state index contributed by atoms with van der Waals surface area (Å²) in [6.07, 6.45) is 5.00. The van der Waals surface area contributed by atoms with E-state index in [4.69, 9.17) is 5.73 Å². The smallest absolute Gasteiger partial charge is 0.242 e. The molecule has 0 atom stereocenters. The maximum absolute atomic E-state index is 12.1. The number of nitrogens with two attached hydrogens (primary N) is 1. The molecule has 15 heavy (non-hydrogen) atoms. The van der Waals surface area contributed by atoms with Gasteiger partial charge in [-0.25, -0.2) is 0 Å². The van der Waals surface area contributed by atoms with Crippen molar-refractivity contribution in [3.8, 4) is 0 Å². The molecule has 1 saturated carbocycles. The number of hydrogen-bond acceptors (Lipinski definition) is 2. The zero-order valence-corrected chi connectivity index (χ0v) is 9.88. The highest BCUT2D eigenvalue weighted by Gasteiger charge is 2.37. The molecule has 0 spiro atoms.